The highest BCUT2D eigenvalue weighted by Gasteiger charge is 2.58. The lowest BCUT2D eigenvalue weighted by atomic mass is 9.68. The Hall–Kier alpha value is -10.1. The summed E-state index contributed by atoms with van der Waals surface area (Å²) in [6.07, 6.45) is 2.02. The Morgan fingerprint density at radius 1 is 0.300 bits per heavy atom. The molecule has 0 aliphatic heterocycles. The van der Waals surface area contributed by atoms with Crippen LogP contribution in [0.3, 0.4) is 0 Å². The second-order valence-corrected chi connectivity index (χ2v) is 22.1. The Morgan fingerprint density at radius 2 is 0.775 bits per heavy atom. The molecule has 0 saturated heterocycles. The number of rotatable bonds is 8. The SMILES string of the molecule is CC1(C)c2cc(N(c3ccccc3)c3ccc(-c4ccccc4)cc3)ccc2-c2c1cc(N(c1ccccc1)c1ccc(-c3ccccc3)cc1)c1c2C2(c3ccccc3-c3cccnc32)c2c-1c1ccccc1c1ccccc21. The second kappa shape index (κ2) is 17.7. The second-order valence-electron chi connectivity index (χ2n) is 22.1. The van der Waals surface area contributed by atoms with Crippen molar-refractivity contribution in [2.24, 2.45) is 0 Å². The topological polar surface area (TPSA) is 19.4 Å². The molecule has 1 atom stereocenters. The molecule has 13 aromatic rings. The summed E-state index contributed by atoms with van der Waals surface area (Å²) >= 11 is 0. The fourth-order valence-electron chi connectivity index (χ4n) is 14.2. The number of para-hydroxylation sites is 2. The molecule has 3 aliphatic carbocycles. The van der Waals surface area contributed by atoms with Crippen molar-refractivity contribution >= 4 is 55.7 Å². The zero-order valence-corrected chi connectivity index (χ0v) is 44.5. The molecule has 0 saturated carbocycles. The molecule has 3 nitrogen and oxygen atoms in total. The molecule has 0 amide bonds. The van der Waals surface area contributed by atoms with Crippen LogP contribution < -0.4 is 9.80 Å². The molecule has 3 aliphatic rings. The van der Waals surface area contributed by atoms with Gasteiger partial charge in [-0.25, -0.2) is 0 Å². The van der Waals surface area contributed by atoms with Gasteiger partial charge in [0, 0.05) is 51.2 Å². The minimum atomic E-state index is -0.811. The van der Waals surface area contributed by atoms with Crippen molar-refractivity contribution in [3.8, 4) is 55.6 Å². The monoisotopic (exact) mass is 1020 g/mol. The van der Waals surface area contributed by atoms with E-state index in [0.29, 0.717) is 0 Å². The number of nitrogens with zero attached hydrogens (tertiary/aromatic N) is 3. The molecule has 0 N–H and O–H groups in total. The largest absolute Gasteiger partial charge is 0.310 e. The van der Waals surface area contributed by atoms with E-state index in [4.69, 9.17) is 4.98 Å². The molecule has 12 aromatic carbocycles. The van der Waals surface area contributed by atoms with Gasteiger partial charge in [0.15, 0.2) is 0 Å². The van der Waals surface area contributed by atoms with E-state index in [-0.39, 0.29) is 0 Å². The molecule has 0 bridgehead atoms. The molecule has 1 heterocycles. The highest BCUT2D eigenvalue weighted by molar-refractivity contribution is 6.23. The Kier molecular flexibility index (Phi) is 10.2. The van der Waals surface area contributed by atoms with Gasteiger partial charge in [-0.2, -0.15) is 0 Å². The molecule has 1 aromatic heterocycles. The van der Waals surface area contributed by atoms with Gasteiger partial charge in [-0.05, 0) is 167 Å². The lowest BCUT2D eigenvalue weighted by Crippen LogP contribution is -2.29. The summed E-state index contributed by atoms with van der Waals surface area (Å²) in [6, 6.07) is 103. The third-order valence-electron chi connectivity index (χ3n) is 17.6. The third-order valence-corrected chi connectivity index (χ3v) is 17.6. The Bertz CT molecular complexity index is 4540. The first-order valence-corrected chi connectivity index (χ1v) is 27.9. The number of benzene rings is 12. The van der Waals surface area contributed by atoms with E-state index in [0.717, 1.165) is 39.8 Å². The van der Waals surface area contributed by atoms with Crippen molar-refractivity contribution in [1.29, 1.82) is 0 Å². The minimum Gasteiger partial charge on any atom is -0.310 e. The van der Waals surface area contributed by atoms with E-state index < -0.39 is 10.8 Å². The smallest absolute Gasteiger partial charge is 0.0911 e. The van der Waals surface area contributed by atoms with Crippen molar-refractivity contribution in [3.05, 3.63) is 319 Å². The van der Waals surface area contributed by atoms with Crippen LogP contribution in [0.2, 0.25) is 0 Å². The number of pyridine rings is 1. The molecule has 80 heavy (non-hydrogen) atoms. The number of anilines is 6. The van der Waals surface area contributed by atoms with Crippen LogP contribution in [-0.2, 0) is 10.8 Å². The van der Waals surface area contributed by atoms with Crippen LogP contribution in [0.5, 0.6) is 0 Å². The molecule has 0 radical (unpaired) electrons. The summed E-state index contributed by atoms with van der Waals surface area (Å²) in [5, 5.41) is 4.96. The number of fused-ring (bicyclic) bond motifs is 19. The van der Waals surface area contributed by atoms with Crippen molar-refractivity contribution < 1.29 is 0 Å². The molecule has 16 rings (SSSR count). The summed E-state index contributed by atoms with van der Waals surface area (Å²) in [5.74, 6) is 0. The van der Waals surface area contributed by atoms with Crippen LogP contribution in [-0.4, -0.2) is 4.98 Å². The first-order chi connectivity index (χ1) is 39.5. The fraction of sp³-hybridized carbons (Fsp3) is 0.0519. The fourth-order valence-corrected chi connectivity index (χ4v) is 14.2. The first-order valence-electron chi connectivity index (χ1n) is 27.9. The van der Waals surface area contributed by atoms with Crippen LogP contribution >= 0.6 is 0 Å². The molecule has 1 unspecified atom stereocenters. The van der Waals surface area contributed by atoms with E-state index in [2.05, 4.69) is 303 Å². The third kappa shape index (κ3) is 6.58. The maximum absolute atomic E-state index is 5.65. The van der Waals surface area contributed by atoms with E-state index in [1.54, 1.807) is 0 Å². The van der Waals surface area contributed by atoms with Gasteiger partial charge in [0.05, 0.1) is 16.8 Å². The lowest BCUT2D eigenvalue weighted by Gasteiger charge is -2.34. The van der Waals surface area contributed by atoms with Crippen molar-refractivity contribution in [2.75, 3.05) is 9.80 Å². The highest BCUT2D eigenvalue weighted by Crippen LogP contribution is 2.71. The van der Waals surface area contributed by atoms with Crippen LogP contribution in [0, 0.1) is 0 Å². The van der Waals surface area contributed by atoms with E-state index in [1.807, 2.05) is 6.20 Å². The quantitative estimate of drug-likeness (QED) is 0.141. The van der Waals surface area contributed by atoms with Crippen molar-refractivity contribution in [3.63, 3.8) is 0 Å². The summed E-state index contributed by atoms with van der Waals surface area (Å²) in [7, 11) is 0. The minimum absolute atomic E-state index is 0.464. The van der Waals surface area contributed by atoms with Gasteiger partial charge in [-0.1, -0.05) is 220 Å². The van der Waals surface area contributed by atoms with Crippen LogP contribution in [0.1, 0.15) is 47.4 Å². The Balaban J connectivity index is 1.04. The molecule has 0 fully saturated rings. The summed E-state index contributed by atoms with van der Waals surface area (Å²) in [4.78, 5) is 10.6. The average molecular weight is 1020 g/mol. The van der Waals surface area contributed by atoms with Gasteiger partial charge in [0.1, 0.15) is 0 Å². The normalized spacial score (nSPS) is 14.8. The number of hydrogen-bond donors (Lipinski definition) is 0. The van der Waals surface area contributed by atoms with Crippen LogP contribution in [0.25, 0.3) is 77.2 Å². The molecular formula is C77H53N3. The van der Waals surface area contributed by atoms with Crippen molar-refractivity contribution in [1.82, 2.24) is 4.98 Å². The zero-order chi connectivity index (χ0) is 53.1. The van der Waals surface area contributed by atoms with Gasteiger partial charge >= 0.3 is 0 Å². The maximum atomic E-state index is 5.65. The maximum Gasteiger partial charge on any atom is 0.0911 e. The summed E-state index contributed by atoms with van der Waals surface area (Å²) in [5.41, 5.74) is 25.1. The highest BCUT2D eigenvalue weighted by atomic mass is 15.2. The van der Waals surface area contributed by atoms with Gasteiger partial charge in [0.25, 0.3) is 0 Å². The average Bonchev–Trinajstić information content (AvgIpc) is 4.29. The predicted octanol–water partition coefficient (Wildman–Crippen LogP) is 20.3. The van der Waals surface area contributed by atoms with Crippen LogP contribution in [0.4, 0.5) is 34.1 Å². The van der Waals surface area contributed by atoms with Gasteiger partial charge < -0.3 is 9.80 Å². The molecule has 1 spiro atoms. The van der Waals surface area contributed by atoms with Gasteiger partial charge in [-0.15, -0.1) is 0 Å². The predicted molar refractivity (Wildman–Crippen MR) is 333 cm³/mol. The molecule has 376 valence electrons. The van der Waals surface area contributed by atoms with Crippen LogP contribution in [0.15, 0.2) is 285 Å². The van der Waals surface area contributed by atoms with E-state index in [1.165, 1.54) is 105 Å². The number of hydrogen-bond acceptors (Lipinski definition) is 3. The molecular weight excluding hydrogens is 967 g/mol. The number of aromatic nitrogens is 1. The Morgan fingerprint density at radius 3 is 1.41 bits per heavy atom. The summed E-state index contributed by atoms with van der Waals surface area (Å²) < 4.78 is 0. The first kappa shape index (κ1) is 46.0. The Labute approximate surface area is 467 Å². The lowest BCUT2D eigenvalue weighted by molar-refractivity contribution is 0.659. The van der Waals surface area contributed by atoms with Gasteiger partial charge in [0.2, 0.25) is 0 Å². The summed E-state index contributed by atoms with van der Waals surface area (Å²) in [6.45, 7) is 4.91. The van der Waals surface area contributed by atoms with E-state index in [9.17, 15) is 0 Å². The van der Waals surface area contributed by atoms with Gasteiger partial charge in [-0.3, -0.25) is 4.98 Å². The van der Waals surface area contributed by atoms with E-state index >= 15 is 0 Å². The standard InChI is InChI=1S/C77H53N3/c1-76(2)67-48-58(79(54-26-11-5-12-27-54)56-41-37-52(38-42-56)50-22-7-3-8-23-50)45-46-65(67)70-68(76)49-69(80(55-28-13-6-14-29-55)57-43-39-53(40-44-57)51-24-9-4-10-25-51)72-71-62-33-17-15-30-59(62)60-31-16-18-34-63(60)73(71)77(74(70)72)66-36-20-19-32-61(66)64-35-21-47-78-75(64)77/h3-49H,1-2H3. The van der Waals surface area contributed by atoms with Crippen molar-refractivity contribution in [2.45, 2.75) is 24.7 Å². The zero-order valence-electron chi connectivity index (χ0n) is 44.5. The molecule has 3 heteroatoms.